The first-order chi connectivity index (χ1) is 9.69. The molecule has 2 aromatic rings. The third kappa shape index (κ3) is 3.72. The van der Waals surface area contributed by atoms with Crippen LogP contribution in [0.2, 0.25) is 0 Å². The number of benzene rings is 2. The zero-order chi connectivity index (χ0) is 14.4. The van der Waals surface area contributed by atoms with Crippen molar-refractivity contribution in [2.45, 2.75) is 13.3 Å². The van der Waals surface area contributed by atoms with Crippen molar-refractivity contribution < 1.29 is 14.6 Å². The van der Waals surface area contributed by atoms with Gasteiger partial charge in [-0.05, 0) is 42.3 Å². The molecule has 0 fully saturated rings. The third-order valence-electron chi connectivity index (χ3n) is 2.83. The zero-order valence-electron chi connectivity index (χ0n) is 11.2. The molecule has 0 bridgehead atoms. The van der Waals surface area contributed by atoms with Crippen LogP contribution in [0, 0.1) is 0 Å². The van der Waals surface area contributed by atoms with E-state index in [1.165, 1.54) is 0 Å². The molecule has 0 aromatic heterocycles. The predicted octanol–water partition coefficient (Wildman–Crippen LogP) is 3.79. The molecule has 3 heteroatoms. The summed E-state index contributed by atoms with van der Waals surface area (Å²) in [5.41, 5.74) is 1.43. The van der Waals surface area contributed by atoms with Crippen molar-refractivity contribution in [1.82, 2.24) is 0 Å². The van der Waals surface area contributed by atoms with Gasteiger partial charge < -0.3 is 9.84 Å². The molecule has 2 rings (SSSR count). The highest BCUT2D eigenvalue weighted by atomic mass is 16.5. The number of esters is 1. The van der Waals surface area contributed by atoms with Gasteiger partial charge in [0.2, 0.25) is 0 Å². The number of rotatable bonds is 4. The van der Waals surface area contributed by atoms with Gasteiger partial charge in [-0.25, -0.2) is 4.79 Å². The first-order valence-corrected chi connectivity index (χ1v) is 6.46. The van der Waals surface area contributed by atoms with Crippen LogP contribution < -0.4 is 4.74 Å². The number of hydrogen-bond donors (Lipinski definition) is 1. The standard InChI is InChI=1S/C17H16O3/c1-2-14(12-13-8-10-15(18)11-9-13)17(19)20-16-6-4-3-5-7-16/h3-12,18H,2H2,1H3. The number of carbonyl (C=O) groups excluding carboxylic acids is 1. The highest BCUT2D eigenvalue weighted by Gasteiger charge is 2.10. The van der Waals surface area contributed by atoms with E-state index in [0.717, 1.165) is 5.56 Å². The van der Waals surface area contributed by atoms with E-state index in [9.17, 15) is 9.90 Å². The van der Waals surface area contributed by atoms with Crippen LogP contribution in [0.5, 0.6) is 11.5 Å². The maximum atomic E-state index is 12.1. The molecule has 0 aliphatic carbocycles. The van der Waals surface area contributed by atoms with Crippen molar-refractivity contribution in [3.8, 4) is 11.5 Å². The smallest absolute Gasteiger partial charge is 0.339 e. The van der Waals surface area contributed by atoms with Gasteiger partial charge >= 0.3 is 5.97 Å². The van der Waals surface area contributed by atoms with Gasteiger partial charge in [-0.15, -0.1) is 0 Å². The molecule has 0 amide bonds. The normalized spacial score (nSPS) is 11.2. The van der Waals surface area contributed by atoms with Crippen molar-refractivity contribution in [2.24, 2.45) is 0 Å². The lowest BCUT2D eigenvalue weighted by atomic mass is 10.1. The average molecular weight is 268 g/mol. The van der Waals surface area contributed by atoms with Crippen molar-refractivity contribution in [2.75, 3.05) is 0 Å². The summed E-state index contributed by atoms with van der Waals surface area (Å²) in [5.74, 6) is 0.376. The Balaban J connectivity index is 2.15. The Morgan fingerprint density at radius 3 is 2.35 bits per heavy atom. The molecule has 102 valence electrons. The van der Waals surface area contributed by atoms with Crippen LogP contribution in [0.25, 0.3) is 6.08 Å². The summed E-state index contributed by atoms with van der Waals surface area (Å²) in [6, 6.07) is 15.7. The quantitative estimate of drug-likeness (QED) is 0.521. The summed E-state index contributed by atoms with van der Waals surface area (Å²) in [6.45, 7) is 1.90. The van der Waals surface area contributed by atoms with Gasteiger partial charge in [0.1, 0.15) is 11.5 Å². The van der Waals surface area contributed by atoms with E-state index in [0.29, 0.717) is 17.7 Å². The van der Waals surface area contributed by atoms with Gasteiger partial charge in [0, 0.05) is 5.57 Å². The largest absolute Gasteiger partial charge is 0.508 e. The number of phenols is 1. The first-order valence-electron chi connectivity index (χ1n) is 6.46. The van der Waals surface area contributed by atoms with Gasteiger partial charge in [0.25, 0.3) is 0 Å². The lowest BCUT2D eigenvalue weighted by Crippen LogP contribution is -2.10. The minimum Gasteiger partial charge on any atom is -0.508 e. The lowest BCUT2D eigenvalue weighted by Gasteiger charge is -2.06. The van der Waals surface area contributed by atoms with Crippen molar-refractivity contribution in [3.63, 3.8) is 0 Å². The lowest BCUT2D eigenvalue weighted by molar-refractivity contribution is -0.130. The van der Waals surface area contributed by atoms with Crippen molar-refractivity contribution in [3.05, 3.63) is 65.7 Å². The van der Waals surface area contributed by atoms with E-state index >= 15 is 0 Å². The van der Waals surface area contributed by atoms with Gasteiger partial charge in [-0.1, -0.05) is 37.3 Å². The Morgan fingerprint density at radius 2 is 1.75 bits per heavy atom. The first kappa shape index (κ1) is 13.9. The van der Waals surface area contributed by atoms with Crippen LogP contribution >= 0.6 is 0 Å². The van der Waals surface area contributed by atoms with Crippen LogP contribution in [0.3, 0.4) is 0 Å². The minimum atomic E-state index is -0.355. The Morgan fingerprint density at radius 1 is 1.10 bits per heavy atom. The maximum Gasteiger partial charge on any atom is 0.339 e. The number of hydrogen-bond acceptors (Lipinski definition) is 3. The van der Waals surface area contributed by atoms with Crippen LogP contribution in [-0.2, 0) is 4.79 Å². The van der Waals surface area contributed by atoms with Gasteiger partial charge in [0.15, 0.2) is 0 Å². The predicted molar refractivity (Wildman–Crippen MR) is 78.5 cm³/mol. The molecule has 0 aliphatic heterocycles. The van der Waals surface area contributed by atoms with Crippen LogP contribution in [-0.4, -0.2) is 11.1 Å². The fourth-order valence-corrected chi connectivity index (χ4v) is 1.74. The number of carbonyl (C=O) groups is 1. The van der Waals surface area contributed by atoms with Crippen molar-refractivity contribution >= 4 is 12.0 Å². The maximum absolute atomic E-state index is 12.1. The second-order valence-electron chi connectivity index (χ2n) is 4.32. The Hall–Kier alpha value is -2.55. The van der Waals surface area contributed by atoms with E-state index in [1.807, 2.05) is 25.1 Å². The molecule has 20 heavy (non-hydrogen) atoms. The van der Waals surface area contributed by atoms with E-state index in [2.05, 4.69) is 0 Å². The molecule has 0 spiro atoms. The highest BCUT2D eigenvalue weighted by Crippen LogP contribution is 2.17. The summed E-state index contributed by atoms with van der Waals surface area (Å²) in [5, 5.41) is 9.24. The number of phenolic OH excluding ortho intramolecular Hbond substituents is 1. The zero-order valence-corrected chi connectivity index (χ0v) is 11.2. The van der Waals surface area contributed by atoms with Crippen LogP contribution in [0.4, 0.5) is 0 Å². The summed E-state index contributed by atoms with van der Waals surface area (Å²) >= 11 is 0. The second kappa shape index (κ2) is 6.57. The van der Waals surface area contributed by atoms with E-state index in [1.54, 1.807) is 42.5 Å². The summed E-state index contributed by atoms with van der Waals surface area (Å²) in [6.07, 6.45) is 2.34. The fourth-order valence-electron chi connectivity index (χ4n) is 1.74. The summed E-state index contributed by atoms with van der Waals surface area (Å²) < 4.78 is 5.31. The van der Waals surface area contributed by atoms with Gasteiger partial charge in [0.05, 0.1) is 0 Å². The second-order valence-corrected chi connectivity index (χ2v) is 4.32. The Kier molecular flexibility index (Phi) is 4.56. The minimum absolute atomic E-state index is 0.201. The molecule has 0 heterocycles. The molecule has 0 aliphatic rings. The summed E-state index contributed by atoms with van der Waals surface area (Å²) in [4.78, 5) is 12.1. The SMILES string of the molecule is CCC(=Cc1ccc(O)cc1)C(=O)Oc1ccccc1. The number of aromatic hydroxyl groups is 1. The van der Waals surface area contributed by atoms with E-state index < -0.39 is 0 Å². The molecular weight excluding hydrogens is 252 g/mol. The molecule has 0 saturated carbocycles. The topological polar surface area (TPSA) is 46.5 Å². The van der Waals surface area contributed by atoms with Crippen LogP contribution in [0.15, 0.2) is 60.2 Å². The molecule has 0 saturated heterocycles. The molecule has 0 atom stereocenters. The third-order valence-corrected chi connectivity index (χ3v) is 2.83. The monoisotopic (exact) mass is 268 g/mol. The Labute approximate surface area is 118 Å². The van der Waals surface area contributed by atoms with Gasteiger partial charge in [-0.3, -0.25) is 0 Å². The van der Waals surface area contributed by atoms with E-state index in [4.69, 9.17) is 4.74 Å². The Bertz CT molecular complexity index is 598. The molecule has 0 radical (unpaired) electrons. The number of para-hydroxylation sites is 1. The molecular formula is C17H16O3. The molecule has 2 aromatic carbocycles. The molecule has 1 N–H and O–H groups in total. The highest BCUT2D eigenvalue weighted by molar-refractivity contribution is 5.94. The fraction of sp³-hybridized carbons (Fsp3) is 0.118. The summed E-state index contributed by atoms with van der Waals surface area (Å²) in [7, 11) is 0. The molecule has 3 nitrogen and oxygen atoms in total. The average Bonchev–Trinajstić information content (AvgIpc) is 2.47. The van der Waals surface area contributed by atoms with Crippen molar-refractivity contribution in [1.29, 1.82) is 0 Å². The molecule has 0 unspecified atom stereocenters. The number of ether oxygens (including phenoxy) is 1. The van der Waals surface area contributed by atoms with Gasteiger partial charge in [-0.2, -0.15) is 0 Å². The van der Waals surface area contributed by atoms with Crippen LogP contribution in [0.1, 0.15) is 18.9 Å². The van der Waals surface area contributed by atoms with E-state index in [-0.39, 0.29) is 11.7 Å².